The fourth-order valence-corrected chi connectivity index (χ4v) is 10.8. The van der Waals surface area contributed by atoms with Crippen LogP contribution in [0.2, 0.25) is 0 Å². The summed E-state index contributed by atoms with van der Waals surface area (Å²) in [6.07, 6.45) is 0. The lowest BCUT2D eigenvalue weighted by Crippen LogP contribution is -2.26. The van der Waals surface area contributed by atoms with Crippen LogP contribution in [0, 0.1) is 0 Å². The van der Waals surface area contributed by atoms with Gasteiger partial charge in [0.15, 0.2) is 0 Å². The van der Waals surface area contributed by atoms with Gasteiger partial charge in [-0.3, -0.25) is 0 Å². The van der Waals surface area contributed by atoms with Crippen LogP contribution in [0.1, 0.15) is 22.3 Å². The minimum atomic E-state index is -0.442. The molecular formula is C61H39NO. The number of anilines is 3. The van der Waals surface area contributed by atoms with E-state index in [9.17, 15) is 0 Å². The number of rotatable bonds is 6. The summed E-state index contributed by atoms with van der Waals surface area (Å²) in [5.41, 5.74) is 22.1. The maximum atomic E-state index is 6.58. The first-order chi connectivity index (χ1) is 31.2. The van der Waals surface area contributed by atoms with Crippen LogP contribution in [0.3, 0.4) is 0 Å². The maximum absolute atomic E-state index is 6.58. The van der Waals surface area contributed by atoms with Gasteiger partial charge in [0.25, 0.3) is 0 Å². The van der Waals surface area contributed by atoms with Crippen LogP contribution >= 0.6 is 0 Å². The fraction of sp³-hybridized carbons (Fsp3) is 0.0164. The molecule has 10 aromatic carbocycles. The molecular weight excluding hydrogens is 763 g/mol. The Kier molecular flexibility index (Phi) is 7.85. The Balaban J connectivity index is 0.991. The van der Waals surface area contributed by atoms with Crippen molar-refractivity contribution in [3.05, 3.63) is 259 Å². The second kappa shape index (κ2) is 13.9. The van der Waals surface area contributed by atoms with E-state index in [1.54, 1.807) is 0 Å². The monoisotopic (exact) mass is 801 g/mol. The molecule has 0 atom stereocenters. The molecule has 0 radical (unpaired) electrons. The minimum absolute atomic E-state index is 0.442. The molecule has 2 aliphatic carbocycles. The van der Waals surface area contributed by atoms with E-state index in [4.69, 9.17) is 4.42 Å². The van der Waals surface area contributed by atoms with Gasteiger partial charge >= 0.3 is 0 Å². The summed E-state index contributed by atoms with van der Waals surface area (Å²) in [6.45, 7) is 0. The Morgan fingerprint density at radius 2 is 0.778 bits per heavy atom. The Hall–Kier alpha value is -8.20. The lowest BCUT2D eigenvalue weighted by molar-refractivity contribution is 0.670. The summed E-state index contributed by atoms with van der Waals surface area (Å²) < 4.78 is 6.58. The second-order valence-corrected chi connectivity index (χ2v) is 16.8. The first-order valence-electron chi connectivity index (χ1n) is 21.7. The average Bonchev–Trinajstić information content (AvgIpc) is 3.99. The van der Waals surface area contributed by atoms with Crippen LogP contribution in [0.15, 0.2) is 241 Å². The molecule has 0 fully saturated rings. The fourth-order valence-electron chi connectivity index (χ4n) is 10.8. The van der Waals surface area contributed by atoms with E-state index in [0.717, 1.165) is 61.3 Å². The highest BCUT2D eigenvalue weighted by Gasteiger charge is 2.51. The number of hydrogen-bond acceptors (Lipinski definition) is 2. The molecule has 13 rings (SSSR count). The summed E-state index contributed by atoms with van der Waals surface area (Å²) >= 11 is 0. The number of hydrogen-bond donors (Lipinski definition) is 0. The van der Waals surface area contributed by atoms with Crippen molar-refractivity contribution in [3.63, 3.8) is 0 Å². The summed E-state index contributed by atoms with van der Waals surface area (Å²) in [7, 11) is 0. The molecule has 2 heteroatoms. The highest BCUT2D eigenvalue weighted by Crippen LogP contribution is 2.63. The van der Waals surface area contributed by atoms with Crippen molar-refractivity contribution in [1.82, 2.24) is 0 Å². The number of para-hydroxylation sites is 1. The van der Waals surface area contributed by atoms with Gasteiger partial charge in [0.05, 0.1) is 5.41 Å². The lowest BCUT2D eigenvalue weighted by atomic mass is 9.70. The standard InChI is InChI=1S/C61H39NO/c1-3-15-40(16-4-1)41-29-32-45(33-30-41)62(46-20-13-19-43(37-46)44-31-36-59-54(38-44)53-25-14-24-48(60(53)63-59)42-17-5-2-6-18-42)47-34-35-52-51-23-9-12-28-57(51)61(58(52)39-47)55-26-10-7-21-49(55)50-22-8-11-27-56(50)61/h1-39H. The summed E-state index contributed by atoms with van der Waals surface area (Å²) in [6, 6.07) is 86.4. The van der Waals surface area contributed by atoms with E-state index >= 15 is 0 Å². The van der Waals surface area contributed by atoms with Crippen molar-refractivity contribution in [1.29, 1.82) is 0 Å². The van der Waals surface area contributed by atoms with Crippen molar-refractivity contribution in [2.75, 3.05) is 4.90 Å². The molecule has 11 aromatic rings. The molecule has 0 saturated carbocycles. The van der Waals surface area contributed by atoms with E-state index in [2.05, 4.69) is 241 Å². The number of fused-ring (bicyclic) bond motifs is 13. The van der Waals surface area contributed by atoms with Crippen LogP contribution in [0.25, 0.3) is 77.6 Å². The molecule has 0 amide bonds. The zero-order chi connectivity index (χ0) is 41.5. The van der Waals surface area contributed by atoms with E-state index in [1.807, 2.05) is 0 Å². The minimum Gasteiger partial charge on any atom is -0.455 e. The molecule has 1 spiro atoms. The summed E-state index contributed by atoms with van der Waals surface area (Å²) in [5.74, 6) is 0. The van der Waals surface area contributed by atoms with Crippen molar-refractivity contribution in [2.24, 2.45) is 0 Å². The van der Waals surface area contributed by atoms with Crippen molar-refractivity contribution < 1.29 is 4.42 Å². The van der Waals surface area contributed by atoms with Gasteiger partial charge in [0.2, 0.25) is 0 Å². The van der Waals surface area contributed by atoms with Crippen LogP contribution in [0.5, 0.6) is 0 Å². The molecule has 63 heavy (non-hydrogen) atoms. The normalized spacial score (nSPS) is 12.9. The molecule has 0 bridgehead atoms. The number of benzene rings is 10. The predicted octanol–water partition coefficient (Wildman–Crippen LogP) is 16.4. The largest absolute Gasteiger partial charge is 0.455 e. The molecule has 1 heterocycles. The Labute approximate surface area is 366 Å². The maximum Gasteiger partial charge on any atom is 0.143 e. The van der Waals surface area contributed by atoms with E-state index in [-0.39, 0.29) is 0 Å². The summed E-state index contributed by atoms with van der Waals surface area (Å²) in [5, 5.41) is 2.23. The molecule has 0 saturated heterocycles. The summed E-state index contributed by atoms with van der Waals surface area (Å²) in [4.78, 5) is 2.43. The molecule has 294 valence electrons. The predicted molar refractivity (Wildman–Crippen MR) is 261 cm³/mol. The molecule has 0 N–H and O–H groups in total. The first kappa shape index (κ1) is 35.5. The number of nitrogens with zero attached hydrogens (tertiary/aromatic N) is 1. The van der Waals surface area contributed by atoms with Gasteiger partial charge in [-0.05, 0) is 121 Å². The average molecular weight is 802 g/mol. The Morgan fingerprint density at radius 1 is 0.286 bits per heavy atom. The zero-order valence-electron chi connectivity index (χ0n) is 34.4. The van der Waals surface area contributed by atoms with E-state index in [1.165, 1.54) is 55.6 Å². The lowest BCUT2D eigenvalue weighted by Gasteiger charge is -2.32. The van der Waals surface area contributed by atoms with Gasteiger partial charge in [0, 0.05) is 33.4 Å². The van der Waals surface area contributed by atoms with Gasteiger partial charge in [-0.1, -0.05) is 188 Å². The van der Waals surface area contributed by atoms with Gasteiger partial charge in [-0.2, -0.15) is 0 Å². The smallest absolute Gasteiger partial charge is 0.143 e. The molecule has 2 nitrogen and oxygen atoms in total. The van der Waals surface area contributed by atoms with Gasteiger partial charge in [0.1, 0.15) is 11.2 Å². The highest BCUT2D eigenvalue weighted by molar-refractivity contribution is 6.10. The third-order valence-electron chi connectivity index (χ3n) is 13.5. The van der Waals surface area contributed by atoms with Crippen molar-refractivity contribution in [2.45, 2.75) is 5.41 Å². The Bertz CT molecular complexity index is 3500. The van der Waals surface area contributed by atoms with Gasteiger partial charge in [-0.15, -0.1) is 0 Å². The van der Waals surface area contributed by atoms with Gasteiger partial charge < -0.3 is 9.32 Å². The highest BCUT2D eigenvalue weighted by atomic mass is 16.3. The van der Waals surface area contributed by atoms with Crippen molar-refractivity contribution >= 4 is 39.0 Å². The van der Waals surface area contributed by atoms with E-state index < -0.39 is 5.41 Å². The SMILES string of the molecule is c1ccc(-c2ccc(N(c3cccc(-c4ccc5oc6c(-c7ccccc7)cccc6c5c4)c3)c3ccc4c(c3)C3(c5ccccc5-c5ccccc53)c3ccccc3-4)cc2)cc1. The van der Waals surface area contributed by atoms with Crippen LogP contribution < -0.4 is 4.90 Å². The quantitative estimate of drug-likeness (QED) is 0.167. The molecule has 0 aliphatic heterocycles. The Morgan fingerprint density at radius 3 is 1.46 bits per heavy atom. The molecule has 2 aliphatic rings. The second-order valence-electron chi connectivity index (χ2n) is 16.8. The third kappa shape index (κ3) is 5.32. The van der Waals surface area contributed by atoms with Crippen LogP contribution in [-0.4, -0.2) is 0 Å². The zero-order valence-corrected chi connectivity index (χ0v) is 34.4. The topological polar surface area (TPSA) is 16.4 Å². The van der Waals surface area contributed by atoms with Crippen LogP contribution in [0.4, 0.5) is 17.1 Å². The number of furan rings is 1. The van der Waals surface area contributed by atoms with Crippen molar-refractivity contribution in [3.8, 4) is 55.6 Å². The molecule has 1 aromatic heterocycles. The van der Waals surface area contributed by atoms with Crippen LogP contribution in [-0.2, 0) is 5.41 Å². The third-order valence-corrected chi connectivity index (χ3v) is 13.5. The van der Waals surface area contributed by atoms with Gasteiger partial charge in [-0.25, -0.2) is 0 Å². The first-order valence-corrected chi connectivity index (χ1v) is 21.7. The van der Waals surface area contributed by atoms with E-state index in [0.29, 0.717) is 0 Å². The molecule has 0 unspecified atom stereocenters.